The molecular formula is C21H24F2N4O. The zero-order valence-electron chi connectivity index (χ0n) is 15.9. The van der Waals surface area contributed by atoms with Crippen LogP contribution in [0.5, 0.6) is 0 Å². The first-order chi connectivity index (χ1) is 13.6. The fraction of sp³-hybridized carbons (Fsp3) is 0.524. The zero-order valence-corrected chi connectivity index (χ0v) is 15.9. The predicted octanol–water partition coefficient (Wildman–Crippen LogP) is 2.88. The van der Waals surface area contributed by atoms with E-state index in [9.17, 15) is 13.6 Å². The summed E-state index contributed by atoms with van der Waals surface area (Å²) in [5.41, 5.74) is 0.814. The first-order valence-corrected chi connectivity index (χ1v) is 10.1. The van der Waals surface area contributed by atoms with Gasteiger partial charge in [-0.25, -0.2) is 8.78 Å². The molecule has 3 atom stereocenters. The Bertz CT molecular complexity index is 906. The summed E-state index contributed by atoms with van der Waals surface area (Å²) in [6.45, 7) is 5.01. The number of piperidine rings is 3. The molecule has 0 radical (unpaired) electrons. The highest BCUT2D eigenvalue weighted by Crippen LogP contribution is 2.47. The molecule has 5 heterocycles. The molecule has 0 saturated carbocycles. The number of nitrogens with zero attached hydrogens (tertiary/aromatic N) is 4. The van der Waals surface area contributed by atoms with Crippen LogP contribution in [0.2, 0.25) is 0 Å². The van der Waals surface area contributed by atoms with Gasteiger partial charge in [-0.2, -0.15) is 5.10 Å². The Morgan fingerprint density at radius 2 is 1.96 bits per heavy atom. The Morgan fingerprint density at radius 1 is 1.18 bits per heavy atom. The molecule has 148 valence electrons. The van der Waals surface area contributed by atoms with Crippen molar-refractivity contribution in [3.05, 3.63) is 53.4 Å². The van der Waals surface area contributed by atoms with E-state index in [0.717, 1.165) is 32.0 Å². The summed E-state index contributed by atoms with van der Waals surface area (Å²) < 4.78 is 30.3. The molecule has 1 amide bonds. The van der Waals surface area contributed by atoms with E-state index in [0.29, 0.717) is 30.3 Å². The largest absolute Gasteiger partial charge is 0.332 e. The van der Waals surface area contributed by atoms with Crippen LogP contribution in [-0.2, 0) is 6.54 Å². The van der Waals surface area contributed by atoms with E-state index >= 15 is 0 Å². The van der Waals surface area contributed by atoms with Gasteiger partial charge in [-0.15, -0.1) is 0 Å². The Hall–Kier alpha value is -2.28. The van der Waals surface area contributed by atoms with Crippen LogP contribution in [0.15, 0.2) is 30.5 Å². The van der Waals surface area contributed by atoms with Crippen molar-refractivity contribution in [1.82, 2.24) is 19.6 Å². The lowest BCUT2D eigenvalue weighted by atomic mass is 9.75. The van der Waals surface area contributed by atoms with Crippen LogP contribution in [0.25, 0.3) is 0 Å². The van der Waals surface area contributed by atoms with Gasteiger partial charge in [-0.1, -0.05) is 12.1 Å². The molecule has 2 bridgehead atoms. The minimum absolute atomic E-state index is 0.0365. The standard InChI is InChI=1S/C21H24F2N4O/c1-2-26-11-8-17(24-26)21(28)27-12-15(14-4-3-5-16(22)18(14)23)20-19(27)13-6-9-25(20)10-7-13/h3-5,8,11,13,15,19-20H,2,6-7,9-10,12H2,1H3/t15-,19+,20+/m0/s1. The molecule has 4 saturated heterocycles. The molecule has 7 heteroatoms. The second-order valence-corrected chi connectivity index (χ2v) is 8.12. The number of amides is 1. The van der Waals surface area contributed by atoms with Gasteiger partial charge in [0.1, 0.15) is 5.69 Å². The number of benzene rings is 1. The van der Waals surface area contributed by atoms with Crippen molar-refractivity contribution in [3.8, 4) is 0 Å². The van der Waals surface area contributed by atoms with Crippen molar-refractivity contribution in [3.63, 3.8) is 0 Å². The second kappa shape index (κ2) is 6.65. The highest BCUT2D eigenvalue weighted by Gasteiger charge is 2.55. The highest BCUT2D eigenvalue weighted by molar-refractivity contribution is 5.93. The molecule has 4 fully saturated rings. The Kier molecular flexibility index (Phi) is 4.23. The van der Waals surface area contributed by atoms with Crippen molar-refractivity contribution in [2.24, 2.45) is 5.92 Å². The van der Waals surface area contributed by atoms with Crippen LogP contribution in [0.3, 0.4) is 0 Å². The summed E-state index contributed by atoms with van der Waals surface area (Å²) >= 11 is 0. The van der Waals surface area contributed by atoms with E-state index in [1.165, 1.54) is 0 Å². The van der Waals surface area contributed by atoms with Crippen molar-refractivity contribution >= 4 is 5.91 Å². The number of carbonyl (C=O) groups excluding carboxylic acids is 1. The molecule has 1 aromatic carbocycles. The molecular weight excluding hydrogens is 362 g/mol. The van der Waals surface area contributed by atoms with E-state index in [2.05, 4.69) is 10.00 Å². The van der Waals surface area contributed by atoms with Crippen LogP contribution in [0, 0.1) is 17.6 Å². The normalized spacial score (nSPS) is 31.2. The van der Waals surface area contributed by atoms with Crippen molar-refractivity contribution in [2.45, 2.75) is 44.3 Å². The monoisotopic (exact) mass is 386 g/mol. The number of hydrogen-bond acceptors (Lipinski definition) is 3. The molecule has 2 aromatic rings. The van der Waals surface area contributed by atoms with Gasteiger partial charge >= 0.3 is 0 Å². The summed E-state index contributed by atoms with van der Waals surface area (Å²) in [6.07, 6.45) is 3.90. The van der Waals surface area contributed by atoms with Gasteiger partial charge < -0.3 is 4.90 Å². The van der Waals surface area contributed by atoms with Gasteiger partial charge in [-0.3, -0.25) is 14.4 Å². The van der Waals surface area contributed by atoms with Gasteiger partial charge in [0.2, 0.25) is 0 Å². The van der Waals surface area contributed by atoms with Crippen LogP contribution in [-0.4, -0.2) is 57.2 Å². The molecule has 4 aliphatic rings. The number of rotatable bonds is 3. The van der Waals surface area contributed by atoms with E-state index in [1.54, 1.807) is 29.1 Å². The van der Waals surface area contributed by atoms with Gasteiger partial charge in [0.25, 0.3) is 5.91 Å². The van der Waals surface area contributed by atoms with Crippen molar-refractivity contribution in [2.75, 3.05) is 19.6 Å². The molecule has 28 heavy (non-hydrogen) atoms. The topological polar surface area (TPSA) is 41.4 Å². The van der Waals surface area contributed by atoms with Crippen LogP contribution < -0.4 is 0 Å². The van der Waals surface area contributed by atoms with Crippen LogP contribution in [0.4, 0.5) is 8.78 Å². The Balaban J connectivity index is 1.54. The summed E-state index contributed by atoms with van der Waals surface area (Å²) in [5.74, 6) is -1.51. The maximum atomic E-state index is 14.6. The molecule has 0 N–H and O–H groups in total. The van der Waals surface area contributed by atoms with Gasteiger partial charge in [0.05, 0.1) is 6.04 Å². The number of aryl methyl sites for hydroxylation is 1. The van der Waals surface area contributed by atoms with Crippen molar-refractivity contribution < 1.29 is 13.6 Å². The lowest BCUT2D eigenvalue weighted by Crippen LogP contribution is -2.60. The number of hydrogen-bond donors (Lipinski definition) is 0. The quantitative estimate of drug-likeness (QED) is 0.815. The third-order valence-electron chi connectivity index (χ3n) is 6.82. The number of aromatic nitrogens is 2. The first kappa shape index (κ1) is 17.8. The second-order valence-electron chi connectivity index (χ2n) is 8.12. The third kappa shape index (κ3) is 2.59. The number of halogens is 2. The van der Waals surface area contributed by atoms with E-state index in [4.69, 9.17) is 0 Å². The smallest absolute Gasteiger partial charge is 0.274 e. The molecule has 0 unspecified atom stereocenters. The molecule has 4 aliphatic heterocycles. The maximum absolute atomic E-state index is 14.6. The number of likely N-dealkylation sites (tertiary alicyclic amines) is 1. The SMILES string of the molecule is CCn1ccc(C(=O)N2C[C@@H](c3cccc(F)c3F)[C@@H]3[C@H]2C2CCN3CC2)n1. The van der Waals surface area contributed by atoms with Crippen LogP contribution >= 0.6 is 0 Å². The maximum Gasteiger partial charge on any atom is 0.274 e. The molecule has 6 rings (SSSR count). The molecule has 0 spiro atoms. The zero-order chi connectivity index (χ0) is 19.4. The number of carbonyl (C=O) groups is 1. The summed E-state index contributed by atoms with van der Waals surface area (Å²) in [7, 11) is 0. The van der Waals surface area contributed by atoms with Crippen LogP contribution in [0.1, 0.15) is 41.7 Å². The van der Waals surface area contributed by atoms with E-state index in [1.807, 2.05) is 11.8 Å². The summed E-state index contributed by atoms with van der Waals surface area (Å²) in [6, 6.07) is 6.21. The van der Waals surface area contributed by atoms with Gasteiger partial charge in [0.15, 0.2) is 11.6 Å². The lowest BCUT2D eigenvalue weighted by molar-refractivity contribution is -0.00378. The minimum atomic E-state index is -0.823. The number of fused-ring (bicyclic) bond motifs is 2. The average Bonchev–Trinajstić information content (AvgIpc) is 3.37. The van der Waals surface area contributed by atoms with Gasteiger partial charge in [-0.05, 0) is 56.5 Å². The summed E-state index contributed by atoms with van der Waals surface area (Å²) in [4.78, 5) is 17.6. The Morgan fingerprint density at radius 3 is 2.68 bits per heavy atom. The molecule has 1 aromatic heterocycles. The molecule has 5 nitrogen and oxygen atoms in total. The molecule has 0 aliphatic carbocycles. The summed E-state index contributed by atoms with van der Waals surface area (Å²) in [5, 5.41) is 4.38. The Labute approximate surface area is 162 Å². The van der Waals surface area contributed by atoms with Crippen molar-refractivity contribution in [1.29, 1.82) is 0 Å². The highest BCUT2D eigenvalue weighted by atomic mass is 19.2. The fourth-order valence-electron chi connectivity index (χ4n) is 5.53. The van der Waals surface area contributed by atoms with E-state index < -0.39 is 11.6 Å². The predicted molar refractivity (Wildman–Crippen MR) is 99.9 cm³/mol. The average molecular weight is 386 g/mol. The van der Waals surface area contributed by atoms with E-state index in [-0.39, 0.29) is 23.9 Å². The van der Waals surface area contributed by atoms with Gasteiger partial charge in [0, 0.05) is 31.2 Å². The first-order valence-electron chi connectivity index (χ1n) is 10.1. The fourth-order valence-corrected chi connectivity index (χ4v) is 5.53. The minimum Gasteiger partial charge on any atom is -0.332 e. The third-order valence-corrected chi connectivity index (χ3v) is 6.82. The lowest BCUT2D eigenvalue weighted by Gasteiger charge is -2.51.